The summed E-state index contributed by atoms with van der Waals surface area (Å²) in [6, 6.07) is -0.00221. The first-order chi connectivity index (χ1) is 9.13. The molecule has 6 heteroatoms. The number of alkyl carbamates (subject to hydrolysis) is 1. The van der Waals surface area contributed by atoms with Crippen molar-refractivity contribution in [3.05, 3.63) is 0 Å². The van der Waals surface area contributed by atoms with Gasteiger partial charge in [0.25, 0.3) is 0 Å². The summed E-state index contributed by atoms with van der Waals surface area (Å²) in [4.78, 5) is 24.7. The van der Waals surface area contributed by atoms with E-state index in [-0.39, 0.29) is 6.04 Å². The fourth-order valence-corrected chi connectivity index (χ4v) is 2.97. The normalized spacial score (nSPS) is 32.9. The van der Waals surface area contributed by atoms with Gasteiger partial charge >= 0.3 is 12.2 Å². The highest BCUT2D eigenvalue weighted by Crippen LogP contribution is 2.49. The lowest BCUT2D eigenvalue weighted by molar-refractivity contribution is 0.0470. The molecule has 2 amide bonds. The number of carbonyl (C=O) groups is 2. The van der Waals surface area contributed by atoms with Crippen LogP contribution in [0.5, 0.6) is 0 Å². The molecule has 2 fully saturated rings. The number of carbonyl (C=O) groups excluding carboxylic acids is 1. The van der Waals surface area contributed by atoms with Gasteiger partial charge in [-0.1, -0.05) is 0 Å². The number of ether oxygens (including phenoxy) is 1. The van der Waals surface area contributed by atoms with Gasteiger partial charge in [-0.3, -0.25) is 0 Å². The molecule has 3 unspecified atom stereocenters. The van der Waals surface area contributed by atoms with Crippen LogP contribution in [0.2, 0.25) is 0 Å². The summed E-state index contributed by atoms with van der Waals surface area (Å²) >= 11 is 0. The summed E-state index contributed by atoms with van der Waals surface area (Å²) in [6.07, 6.45) is 1.24. The Labute approximate surface area is 119 Å². The SMILES string of the molecule is CC1CCC2CC2(NC(=O)OC(C)(C)C)CN1C(=O)O. The molecule has 20 heavy (non-hydrogen) atoms. The third-order valence-corrected chi connectivity index (χ3v) is 4.15. The van der Waals surface area contributed by atoms with E-state index >= 15 is 0 Å². The number of hydrogen-bond acceptors (Lipinski definition) is 3. The van der Waals surface area contributed by atoms with Crippen molar-refractivity contribution in [1.82, 2.24) is 10.2 Å². The van der Waals surface area contributed by atoms with Gasteiger partial charge in [-0.15, -0.1) is 0 Å². The molecule has 1 saturated carbocycles. The zero-order valence-electron chi connectivity index (χ0n) is 12.6. The first-order valence-electron chi connectivity index (χ1n) is 7.14. The predicted octanol–water partition coefficient (Wildman–Crippen LogP) is 2.43. The zero-order chi connectivity index (χ0) is 15.1. The summed E-state index contributed by atoms with van der Waals surface area (Å²) in [6.45, 7) is 7.71. The van der Waals surface area contributed by atoms with Gasteiger partial charge in [-0.05, 0) is 52.9 Å². The number of carboxylic acid groups (broad SMARTS) is 1. The second-order valence-corrected chi connectivity index (χ2v) is 7.02. The number of hydrogen-bond donors (Lipinski definition) is 2. The van der Waals surface area contributed by atoms with Crippen molar-refractivity contribution in [1.29, 1.82) is 0 Å². The molecule has 1 aliphatic heterocycles. The Morgan fingerprint density at radius 1 is 1.35 bits per heavy atom. The molecule has 3 atom stereocenters. The summed E-state index contributed by atoms with van der Waals surface area (Å²) in [5.74, 6) is 0.363. The molecule has 0 aromatic carbocycles. The van der Waals surface area contributed by atoms with Crippen LogP contribution in [-0.2, 0) is 4.74 Å². The molecule has 0 spiro atoms. The third kappa shape index (κ3) is 3.16. The maximum atomic E-state index is 11.9. The minimum atomic E-state index is -0.921. The van der Waals surface area contributed by atoms with Crippen LogP contribution in [0.3, 0.4) is 0 Å². The highest BCUT2D eigenvalue weighted by molar-refractivity contribution is 5.70. The molecule has 1 saturated heterocycles. The predicted molar refractivity (Wildman–Crippen MR) is 73.6 cm³/mol. The van der Waals surface area contributed by atoms with Crippen molar-refractivity contribution in [2.75, 3.05) is 6.54 Å². The van der Waals surface area contributed by atoms with Gasteiger partial charge < -0.3 is 20.1 Å². The molecular weight excluding hydrogens is 260 g/mol. The van der Waals surface area contributed by atoms with Crippen LogP contribution >= 0.6 is 0 Å². The Hall–Kier alpha value is -1.46. The minimum Gasteiger partial charge on any atom is -0.465 e. The average molecular weight is 284 g/mol. The van der Waals surface area contributed by atoms with Gasteiger partial charge in [0, 0.05) is 12.6 Å². The van der Waals surface area contributed by atoms with E-state index in [0.29, 0.717) is 12.5 Å². The second kappa shape index (κ2) is 4.82. The Bertz CT molecular complexity index is 418. The second-order valence-electron chi connectivity index (χ2n) is 7.02. The molecule has 114 valence electrons. The number of amides is 2. The van der Waals surface area contributed by atoms with Crippen molar-refractivity contribution < 1.29 is 19.4 Å². The maximum absolute atomic E-state index is 11.9. The molecule has 0 bridgehead atoms. The van der Waals surface area contributed by atoms with Gasteiger partial charge in [0.1, 0.15) is 5.60 Å². The number of fused-ring (bicyclic) bond motifs is 1. The maximum Gasteiger partial charge on any atom is 0.408 e. The van der Waals surface area contributed by atoms with Crippen LogP contribution in [0.1, 0.15) is 47.0 Å². The van der Waals surface area contributed by atoms with Crippen molar-refractivity contribution in [2.45, 2.75) is 64.1 Å². The van der Waals surface area contributed by atoms with Gasteiger partial charge in [0.2, 0.25) is 0 Å². The largest absolute Gasteiger partial charge is 0.465 e. The topological polar surface area (TPSA) is 78.9 Å². The quantitative estimate of drug-likeness (QED) is 0.775. The molecule has 1 heterocycles. The number of likely N-dealkylation sites (tertiary alicyclic amines) is 1. The van der Waals surface area contributed by atoms with E-state index in [0.717, 1.165) is 19.3 Å². The molecule has 2 rings (SSSR count). The van der Waals surface area contributed by atoms with Crippen molar-refractivity contribution >= 4 is 12.2 Å². The lowest BCUT2D eigenvalue weighted by Gasteiger charge is -2.29. The van der Waals surface area contributed by atoms with E-state index in [1.165, 1.54) is 4.90 Å². The third-order valence-electron chi connectivity index (χ3n) is 4.15. The van der Waals surface area contributed by atoms with Crippen LogP contribution < -0.4 is 5.32 Å². The van der Waals surface area contributed by atoms with E-state index in [4.69, 9.17) is 4.74 Å². The molecule has 0 aromatic heterocycles. The molecule has 6 nitrogen and oxygen atoms in total. The fraction of sp³-hybridized carbons (Fsp3) is 0.857. The van der Waals surface area contributed by atoms with Gasteiger partial charge in [-0.25, -0.2) is 9.59 Å². The summed E-state index contributed by atoms with van der Waals surface area (Å²) in [5, 5.41) is 12.2. The minimum absolute atomic E-state index is 0.00221. The Kier molecular flexibility index (Phi) is 3.60. The molecular formula is C14H24N2O4. The average Bonchev–Trinajstić information content (AvgIpc) is 2.93. The van der Waals surface area contributed by atoms with E-state index in [9.17, 15) is 14.7 Å². The van der Waals surface area contributed by atoms with Crippen LogP contribution in [0.25, 0.3) is 0 Å². The number of nitrogens with one attached hydrogen (secondary N) is 1. The lowest BCUT2D eigenvalue weighted by atomic mass is 10.1. The molecule has 0 radical (unpaired) electrons. The number of nitrogens with zero attached hydrogens (tertiary/aromatic N) is 1. The lowest BCUT2D eigenvalue weighted by Crippen LogP contribution is -2.50. The van der Waals surface area contributed by atoms with Crippen LogP contribution in [0.4, 0.5) is 9.59 Å². The first-order valence-corrected chi connectivity index (χ1v) is 7.14. The van der Waals surface area contributed by atoms with E-state index in [1.54, 1.807) is 0 Å². The first kappa shape index (κ1) is 14.9. The van der Waals surface area contributed by atoms with Crippen molar-refractivity contribution in [2.24, 2.45) is 5.92 Å². The molecule has 2 N–H and O–H groups in total. The van der Waals surface area contributed by atoms with Crippen molar-refractivity contribution in [3.63, 3.8) is 0 Å². The van der Waals surface area contributed by atoms with Crippen LogP contribution in [-0.4, -0.2) is 45.9 Å². The molecule has 0 aromatic rings. The fourth-order valence-electron chi connectivity index (χ4n) is 2.97. The van der Waals surface area contributed by atoms with Crippen molar-refractivity contribution in [3.8, 4) is 0 Å². The number of rotatable bonds is 1. The smallest absolute Gasteiger partial charge is 0.408 e. The van der Waals surface area contributed by atoms with E-state index in [1.807, 2.05) is 27.7 Å². The molecule has 2 aliphatic rings. The Morgan fingerprint density at radius 3 is 2.55 bits per heavy atom. The standard InChI is InChI=1S/C14H24N2O4/c1-9-5-6-10-7-14(10,8-16(9)12(18)19)15-11(17)20-13(2,3)4/h9-10H,5-8H2,1-4H3,(H,15,17)(H,18,19). The van der Waals surface area contributed by atoms with Crippen LogP contribution in [0, 0.1) is 5.92 Å². The van der Waals surface area contributed by atoms with Crippen LogP contribution in [0.15, 0.2) is 0 Å². The highest BCUT2D eigenvalue weighted by Gasteiger charge is 2.58. The van der Waals surface area contributed by atoms with Gasteiger partial charge in [0.15, 0.2) is 0 Å². The summed E-state index contributed by atoms with van der Waals surface area (Å²) < 4.78 is 5.28. The van der Waals surface area contributed by atoms with E-state index < -0.39 is 23.3 Å². The monoisotopic (exact) mass is 284 g/mol. The highest BCUT2D eigenvalue weighted by atomic mass is 16.6. The van der Waals surface area contributed by atoms with Gasteiger partial charge in [-0.2, -0.15) is 0 Å². The Morgan fingerprint density at radius 2 is 2.00 bits per heavy atom. The van der Waals surface area contributed by atoms with E-state index in [2.05, 4.69) is 5.32 Å². The summed E-state index contributed by atoms with van der Waals surface area (Å²) in [5.41, 5.74) is -0.971. The Balaban J connectivity index is 2.04. The summed E-state index contributed by atoms with van der Waals surface area (Å²) in [7, 11) is 0. The molecule has 1 aliphatic carbocycles. The van der Waals surface area contributed by atoms with Gasteiger partial charge in [0.05, 0.1) is 5.54 Å². The zero-order valence-corrected chi connectivity index (χ0v) is 12.6.